The molecule has 0 heterocycles. The predicted octanol–water partition coefficient (Wildman–Crippen LogP) is 5.72. The molecule has 0 bridgehead atoms. The molecule has 0 aromatic heterocycles. The smallest absolute Gasteiger partial charge is 0.166 e. The van der Waals surface area contributed by atoms with Crippen molar-refractivity contribution < 1.29 is 9.59 Å². The highest BCUT2D eigenvalue weighted by Gasteiger charge is 2.24. The standard InChI is InChI=1S/C27H26O2/c28-26(20-17-23-12-6-2-7-13-23)25(19-16-22-10-4-1-5-11-22)27(29)21-18-24-14-8-3-9-15-24/h1-15,17,20,25H,16,18-19,21H2/b20-17+/t25-/m0/s1. The van der Waals surface area contributed by atoms with E-state index >= 15 is 0 Å². The van der Waals surface area contributed by atoms with Crippen LogP contribution in [-0.4, -0.2) is 11.6 Å². The van der Waals surface area contributed by atoms with Crippen LogP contribution >= 0.6 is 0 Å². The number of ketones is 2. The van der Waals surface area contributed by atoms with Crippen LogP contribution in [0.15, 0.2) is 97.1 Å². The van der Waals surface area contributed by atoms with Crippen LogP contribution in [0.4, 0.5) is 0 Å². The van der Waals surface area contributed by atoms with E-state index in [2.05, 4.69) is 0 Å². The second-order valence-corrected chi connectivity index (χ2v) is 7.18. The number of allylic oxidation sites excluding steroid dienone is 1. The molecule has 2 nitrogen and oxygen atoms in total. The van der Waals surface area contributed by atoms with Crippen molar-refractivity contribution in [1.29, 1.82) is 0 Å². The molecular formula is C27H26O2. The fourth-order valence-electron chi connectivity index (χ4n) is 3.36. The first-order valence-corrected chi connectivity index (χ1v) is 10.1. The number of benzene rings is 3. The minimum Gasteiger partial charge on any atom is -0.299 e. The zero-order chi connectivity index (χ0) is 20.3. The van der Waals surface area contributed by atoms with Crippen LogP contribution in [0.2, 0.25) is 0 Å². The molecule has 2 heteroatoms. The second-order valence-electron chi connectivity index (χ2n) is 7.18. The maximum atomic E-state index is 12.9. The first kappa shape index (κ1) is 20.5. The van der Waals surface area contributed by atoms with Crippen LogP contribution < -0.4 is 0 Å². The van der Waals surface area contributed by atoms with Crippen molar-refractivity contribution in [2.45, 2.75) is 25.7 Å². The molecule has 0 aliphatic carbocycles. The summed E-state index contributed by atoms with van der Waals surface area (Å²) in [5.74, 6) is -0.686. The molecule has 0 radical (unpaired) electrons. The number of hydrogen-bond donors (Lipinski definition) is 0. The average Bonchev–Trinajstić information content (AvgIpc) is 2.78. The van der Waals surface area contributed by atoms with Crippen molar-refractivity contribution in [2.24, 2.45) is 5.92 Å². The third-order valence-corrected chi connectivity index (χ3v) is 5.04. The Morgan fingerprint density at radius 3 is 1.79 bits per heavy atom. The summed E-state index contributed by atoms with van der Waals surface area (Å²) in [5.41, 5.74) is 3.22. The van der Waals surface area contributed by atoms with Crippen molar-refractivity contribution in [1.82, 2.24) is 0 Å². The predicted molar refractivity (Wildman–Crippen MR) is 119 cm³/mol. The Bertz CT molecular complexity index is 928. The van der Waals surface area contributed by atoms with Gasteiger partial charge in [0.05, 0.1) is 5.92 Å². The first-order valence-electron chi connectivity index (χ1n) is 10.1. The third kappa shape index (κ3) is 6.69. The lowest BCUT2D eigenvalue weighted by Crippen LogP contribution is -2.24. The minimum atomic E-state index is -0.598. The molecule has 3 rings (SSSR count). The summed E-state index contributed by atoms with van der Waals surface area (Å²) in [4.78, 5) is 25.8. The molecule has 0 N–H and O–H groups in total. The van der Waals surface area contributed by atoms with Crippen molar-refractivity contribution in [3.05, 3.63) is 114 Å². The van der Waals surface area contributed by atoms with Gasteiger partial charge >= 0.3 is 0 Å². The fraction of sp³-hybridized carbons (Fsp3) is 0.185. The Labute approximate surface area is 172 Å². The Morgan fingerprint density at radius 2 is 1.21 bits per heavy atom. The van der Waals surface area contributed by atoms with Crippen molar-refractivity contribution in [3.63, 3.8) is 0 Å². The van der Waals surface area contributed by atoms with Crippen molar-refractivity contribution in [2.75, 3.05) is 0 Å². The number of carbonyl (C=O) groups is 2. The summed E-state index contributed by atoms with van der Waals surface area (Å²) >= 11 is 0. The topological polar surface area (TPSA) is 34.1 Å². The number of rotatable bonds is 10. The van der Waals surface area contributed by atoms with E-state index in [9.17, 15) is 9.59 Å². The number of Topliss-reactive ketones (excluding diaryl/α,β-unsaturated/α-hetero) is 1. The van der Waals surface area contributed by atoms with Crippen LogP contribution in [0.1, 0.15) is 29.5 Å². The van der Waals surface area contributed by atoms with Crippen LogP contribution in [0.5, 0.6) is 0 Å². The van der Waals surface area contributed by atoms with E-state index in [0.717, 1.165) is 16.7 Å². The summed E-state index contributed by atoms with van der Waals surface area (Å²) in [7, 11) is 0. The van der Waals surface area contributed by atoms with E-state index < -0.39 is 5.92 Å². The minimum absolute atomic E-state index is 0.0208. The zero-order valence-corrected chi connectivity index (χ0v) is 16.5. The number of aryl methyl sites for hydroxylation is 2. The molecule has 0 unspecified atom stereocenters. The summed E-state index contributed by atoms with van der Waals surface area (Å²) in [5, 5.41) is 0. The summed E-state index contributed by atoms with van der Waals surface area (Å²) < 4.78 is 0. The van der Waals surface area contributed by atoms with Gasteiger partial charge in [-0.15, -0.1) is 0 Å². The molecule has 0 saturated heterocycles. The molecule has 0 saturated carbocycles. The average molecular weight is 383 g/mol. The molecule has 1 atom stereocenters. The highest BCUT2D eigenvalue weighted by atomic mass is 16.1. The molecule has 3 aromatic rings. The second kappa shape index (κ2) is 10.9. The fourth-order valence-corrected chi connectivity index (χ4v) is 3.36. The Kier molecular flexibility index (Phi) is 7.71. The van der Waals surface area contributed by atoms with Gasteiger partial charge < -0.3 is 0 Å². The number of hydrogen-bond acceptors (Lipinski definition) is 2. The SMILES string of the molecule is O=C(/C=C/c1ccccc1)[C@H](CCc1ccccc1)C(=O)CCc1ccccc1. The van der Waals surface area contributed by atoms with E-state index in [4.69, 9.17) is 0 Å². The van der Waals surface area contributed by atoms with Crippen LogP contribution in [0.3, 0.4) is 0 Å². The van der Waals surface area contributed by atoms with Gasteiger partial charge in [0.15, 0.2) is 5.78 Å². The maximum Gasteiger partial charge on any atom is 0.166 e. The van der Waals surface area contributed by atoms with Gasteiger partial charge in [0.1, 0.15) is 5.78 Å². The normalized spacial score (nSPS) is 12.0. The lowest BCUT2D eigenvalue weighted by Gasteiger charge is -2.13. The van der Waals surface area contributed by atoms with E-state index in [1.807, 2.05) is 91.0 Å². The van der Waals surface area contributed by atoms with Gasteiger partial charge in [-0.3, -0.25) is 9.59 Å². The van der Waals surface area contributed by atoms with E-state index in [-0.39, 0.29) is 11.6 Å². The van der Waals surface area contributed by atoms with Crippen LogP contribution in [0, 0.1) is 5.92 Å². The van der Waals surface area contributed by atoms with Crippen molar-refractivity contribution in [3.8, 4) is 0 Å². The molecule has 3 aromatic carbocycles. The van der Waals surface area contributed by atoms with Gasteiger partial charge in [-0.1, -0.05) is 97.1 Å². The number of carbonyl (C=O) groups excluding carboxylic acids is 2. The molecule has 146 valence electrons. The molecule has 0 aliphatic heterocycles. The molecule has 0 amide bonds. The largest absolute Gasteiger partial charge is 0.299 e. The molecule has 0 fully saturated rings. The van der Waals surface area contributed by atoms with Gasteiger partial charge in [0.25, 0.3) is 0 Å². The van der Waals surface area contributed by atoms with Gasteiger partial charge in [0, 0.05) is 6.42 Å². The summed E-state index contributed by atoms with van der Waals surface area (Å²) in [6.45, 7) is 0. The zero-order valence-electron chi connectivity index (χ0n) is 16.5. The van der Waals surface area contributed by atoms with Gasteiger partial charge in [-0.25, -0.2) is 0 Å². The van der Waals surface area contributed by atoms with E-state index in [1.54, 1.807) is 12.2 Å². The Morgan fingerprint density at radius 1 is 0.690 bits per heavy atom. The lowest BCUT2D eigenvalue weighted by molar-refractivity contribution is -0.130. The lowest BCUT2D eigenvalue weighted by atomic mass is 9.88. The van der Waals surface area contributed by atoms with Gasteiger partial charge in [-0.05, 0) is 42.0 Å². The van der Waals surface area contributed by atoms with Gasteiger partial charge in [-0.2, -0.15) is 0 Å². The summed E-state index contributed by atoms with van der Waals surface area (Å²) in [6.07, 6.45) is 5.66. The highest BCUT2D eigenvalue weighted by Crippen LogP contribution is 2.17. The first-order chi connectivity index (χ1) is 14.2. The molecule has 29 heavy (non-hydrogen) atoms. The monoisotopic (exact) mass is 382 g/mol. The maximum absolute atomic E-state index is 12.9. The summed E-state index contributed by atoms with van der Waals surface area (Å²) in [6, 6.07) is 29.7. The third-order valence-electron chi connectivity index (χ3n) is 5.04. The van der Waals surface area contributed by atoms with E-state index in [1.165, 1.54) is 0 Å². The van der Waals surface area contributed by atoms with Gasteiger partial charge in [0.2, 0.25) is 0 Å². The van der Waals surface area contributed by atoms with E-state index in [0.29, 0.717) is 25.7 Å². The Balaban J connectivity index is 1.68. The quantitative estimate of drug-likeness (QED) is 0.332. The molecule has 0 aliphatic rings. The molecular weight excluding hydrogens is 356 g/mol. The van der Waals surface area contributed by atoms with Crippen molar-refractivity contribution >= 4 is 17.6 Å². The molecule has 0 spiro atoms. The Hall–Kier alpha value is -3.26. The van der Waals surface area contributed by atoms with Crippen LogP contribution in [-0.2, 0) is 22.4 Å². The van der Waals surface area contributed by atoms with Crippen LogP contribution in [0.25, 0.3) is 6.08 Å². The highest BCUT2D eigenvalue weighted by molar-refractivity contribution is 6.09.